The lowest BCUT2D eigenvalue weighted by Crippen LogP contribution is -2.37. The number of Topliss-reactive ketones (excluding diaryl/α,β-unsaturated/α-hetero) is 4. The van der Waals surface area contributed by atoms with Gasteiger partial charge < -0.3 is 29.8 Å². The first-order chi connectivity index (χ1) is 17.5. The average Bonchev–Trinajstić information content (AvgIpc) is 2.87. The zero-order chi connectivity index (χ0) is 28.2. The quantitative estimate of drug-likeness (QED) is 0.138. The predicted octanol–water partition coefficient (Wildman–Crippen LogP) is 1.19. The van der Waals surface area contributed by atoms with Gasteiger partial charge in [-0.25, -0.2) is 0 Å². The first-order valence-electron chi connectivity index (χ1n) is 12.5. The average molecular weight is 548 g/mol. The van der Waals surface area contributed by atoms with Crippen LogP contribution in [0.5, 0.6) is 0 Å². The van der Waals surface area contributed by atoms with Crippen molar-refractivity contribution >= 4 is 46.8 Å². The van der Waals surface area contributed by atoms with Gasteiger partial charge in [0, 0.05) is 62.6 Å². The van der Waals surface area contributed by atoms with Crippen molar-refractivity contribution in [1.82, 2.24) is 0 Å². The van der Waals surface area contributed by atoms with Crippen LogP contribution in [0.4, 0.5) is 0 Å². The molecule has 0 spiro atoms. The molecule has 12 heteroatoms. The van der Waals surface area contributed by atoms with E-state index < -0.39 is 36.6 Å². The highest BCUT2D eigenvalue weighted by molar-refractivity contribution is 7.99. The van der Waals surface area contributed by atoms with E-state index >= 15 is 0 Å². The van der Waals surface area contributed by atoms with Crippen molar-refractivity contribution in [3.63, 3.8) is 0 Å². The summed E-state index contributed by atoms with van der Waals surface area (Å²) in [4.78, 5) is 70.3. The third-order valence-electron chi connectivity index (χ3n) is 5.17. The van der Waals surface area contributed by atoms with Crippen LogP contribution in [-0.2, 0) is 43.0 Å². The molecule has 3 unspecified atom stereocenters. The van der Waals surface area contributed by atoms with Crippen molar-refractivity contribution < 1.29 is 48.1 Å². The number of hydrogen-bond acceptors (Lipinski definition) is 12. The molecule has 3 N–H and O–H groups in total. The Bertz CT molecular complexity index is 758. The van der Waals surface area contributed by atoms with Gasteiger partial charge in [-0.1, -0.05) is 13.8 Å². The fourth-order valence-electron chi connectivity index (χ4n) is 2.89. The van der Waals surface area contributed by atoms with Crippen LogP contribution in [0.15, 0.2) is 0 Å². The molecular formula is C25H41NO10S. The molecule has 0 fully saturated rings. The molecule has 0 heterocycles. The Morgan fingerprint density at radius 1 is 0.919 bits per heavy atom. The normalized spacial score (nSPS) is 13.3. The molecule has 0 rings (SSSR count). The lowest BCUT2D eigenvalue weighted by atomic mass is 9.93. The molecule has 0 aromatic carbocycles. The van der Waals surface area contributed by atoms with Crippen molar-refractivity contribution in [2.45, 2.75) is 77.9 Å². The van der Waals surface area contributed by atoms with Gasteiger partial charge in [-0.2, -0.15) is 11.8 Å². The Morgan fingerprint density at radius 2 is 1.59 bits per heavy atom. The Kier molecular flexibility index (Phi) is 19.6. The molecule has 0 aliphatic carbocycles. The van der Waals surface area contributed by atoms with E-state index in [-0.39, 0.29) is 93.0 Å². The van der Waals surface area contributed by atoms with E-state index in [1.807, 2.05) is 0 Å². The number of carbonyl (C=O) groups is 6. The van der Waals surface area contributed by atoms with Crippen molar-refractivity contribution in [3.8, 4) is 0 Å². The molecule has 0 amide bonds. The number of nitrogens with two attached hydrogens (primary N) is 1. The molecule has 0 aromatic heterocycles. The van der Waals surface area contributed by atoms with Crippen molar-refractivity contribution in [2.75, 3.05) is 37.9 Å². The molecule has 0 aromatic rings. The zero-order valence-corrected chi connectivity index (χ0v) is 22.8. The molecular weight excluding hydrogens is 506 g/mol. The van der Waals surface area contributed by atoms with E-state index in [9.17, 15) is 33.9 Å². The van der Waals surface area contributed by atoms with Gasteiger partial charge in [0.25, 0.3) is 0 Å². The van der Waals surface area contributed by atoms with Gasteiger partial charge in [-0.05, 0) is 13.3 Å². The number of aliphatic hydroxyl groups is 1. The van der Waals surface area contributed by atoms with E-state index in [4.69, 9.17) is 19.9 Å². The molecule has 0 radical (unpaired) electrons. The summed E-state index contributed by atoms with van der Waals surface area (Å²) in [7, 11) is 0. The summed E-state index contributed by atoms with van der Waals surface area (Å²) < 4.78 is 15.5. The second-order valence-electron chi connectivity index (χ2n) is 8.56. The zero-order valence-electron chi connectivity index (χ0n) is 22.0. The maximum atomic E-state index is 12.5. The van der Waals surface area contributed by atoms with E-state index in [0.717, 1.165) is 0 Å². The minimum atomic E-state index is -0.892. The topological polar surface area (TPSA) is 176 Å². The highest BCUT2D eigenvalue weighted by atomic mass is 32.2. The lowest BCUT2D eigenvalue weighted by molar-refractivity contribution is -0.157. The summed E-state index contributed by atoms with van der Waals surface area (Å²) in [5, 5.41) is 9.57. The smallest absolute Gasteiger partial charge is 0.305 e. The maximum Gasteiger partial charge on any atom is 0.305 e. The third-order valence-corrected chi connectivity index (χ3v) is 6.38. The fraction of sp³-hybridized carbons (Fsp3) is 0.760. The van der Waals surface area contributed by atoms with Gasteiger partial charge in [0.2, 0.25) is 0 Å². The van der Waals surface area contributed by atoms with Gasteiger partial charge in [0.1, 0.15) is 30.9 Å². The van der Waals surface area contributed by atoms with Crippen LogP contribution in [0.25, 0.3) is 0 Å². The Morgan fingerprint density at radius 3 is 2.19 bits per heavy atom. The standard InChI is InChI=1S/C25H41NO10S/c1-4-24(32)35-14-20(36-25(33)5-2)15-37-16-21(26)23(31)11-18(12-27)22(30)7-6-10-34-13-19(29)9-8-17(3)28/h18,20-21,27H,4-16,26H2,1-3H3. The first kappa shape index (κ1) is 34.9. The minimum Gasteiger partial charge on any atom is -0.462 e. The number of hydrogen-bond donors (Lipinski definition) is 2. The first-order valence-corrected chi connectivity index (χ1v) is 13.6. The van der Waals surface area contributed by atoms with Crippen molar-refractivity contribution in [1.29, 1.82) is 0 Å². The van der Waals surface area contributed by atoms with Crippen LogP contribution in [0.2, 0.25) is 0 Å². The van der Waals surface area contributed by atoms with Gasteiger partial charge in [0.15, 0.2) is 11.6 Å². The second kappa shape index (κ2) is 20.9. The van der Waals surface area contributed by atoms with Crippen LogP contribution in [0, 0.1) is 5.92 Å². The highest BCUT2D eigenvalue weighted by Crippen LogP contribution is 2.14. The summed E-state index contributed by atoms with van der Waals surface area (Å²) in [5.74, 6) is -2.22. The van der Waals surface area contributed by atoms with E-state index in [0.29, 0.717) is 6.42 Å². The molecule has 0 saturated heterocycles. The summed E-state index contributed by atoms with van der Waals surface area (Å²) in [6, 6.07) is -0.892. The molecule has 0 bridgehead atoms. The molecule has 0 aliphatic heterocycles. The van der Waals surface area contributed by atoms with E-state index in [1.54, 1.807) is 13.8 Å². The number of esters is 2. The van der Waals surface area contributed by atoms with E-state index in [2.05, 4.69) is 0 Å². The summed E-state index contributed by atoms with van der Waals surface area (Å²) in [5.41, 5.74) is 5.96. The number of thioether (sulfide) groups is 1. The van der Waals surface area contributed by atoms with Crippen molar-refractivity contribution in [2.24, 2.45) is 11.7 Å². The Labute approximate surface area is 222 Å². The number of ether oxygens (including phenoxy) is 3. The third kappa shape index (κ3) is 17.9. The number of carbonyl (C=O) groups excluding carboxylic acids is 6. The Balaban J connectivity index is 4.41. The van der Waals surface area contributed by atoms with E-state index in [1.165, 1.54) is 18.7 Å². The molecule has 11 nitrogen and oxygen atoms in total. The van der Waals surface area contributed by atoms with Crippen LogP contribution >= 0.6 is 11.8 Å². The van der Waals surface area contributed by atoms with Crippen molar-refractivity contribution in [3.05, 3.63) is 0 Å². The molecule has 212 valence electrons. The van der Waals surface area contributed by atoms with Crippen LogP contribution < -0.4 is 5.73 Å². The highest BCUT2D eigenvalue weighted by Gasteiger charge is 2.25. The number of ketones is 4. The van der Waals surface area contributed by atoms with Gasteiger partial charge in [-0.15, -0.1) is 0 Å². The van der Waals surface area contributed by atoms with Crippen LogP contribution in [0.3, 0.4) is 0 Å². The Hall–Kier alpha value is -2.15. The van der Waals surface area contributed by atoms with Crippen LogP contribution in [0.1, 0.15) is 65.7 Å². The molecule has 3 atom stereocenters. The monoisotopic (exact) mass is 547 g/mol. The van der Waals surface area contributed by atoms with Crippen LogP contribution in [-0.4, -0.2) is 90.3 Å². The SMILES string of the molecule is CCC(=O)OCC(CSCC(N)C(=O)CC(CO)C(=O)CCCOCC(=O)CCC(C)=O)OC(=O)CC. The fourth-order valence-corrected chi connectivity index (χ4v) is 3.90. The minimum absolute atomic E-state index is 0.0711. The van der Waals surface area contributed by atoms with Gasteiger partial charge in [-0.3, -0.25) is 24.0 Å². The molecule has 37 heavy (non-hydrogen) atoms. The largest absolute Gasteiger partial charge is 0.462 e. The predicted molar refractivity (Wildman–Crippen MR) is 137 cm³/mol. The van der Waals surface area contributed by atoms with Gasteiger partial charge >= 0.3 is 11.9 Å². The molecule has 0 aliphatic rings. The molecule has 0 saturated carbocycles. The summed E-state index contributed by atoms with van der Waals surface area (Å²) in [6.45, 7) is 4.15. The second-order valence-corrected chi connectivity index (χ2v) is 9.63. The summed E-state index contributed by atoms with van der Waals surface area (Å²) in [6.07, 6.45) is 0.186. The maximum absolute atomic E-state index is 12.5. The summed E-state index contributed by atoms with van der Waals surface area (Å²) >= 11 is 1.25. The van der Waals surface area contributed by atoms with Gasteiger partial charge in [0.05, 0.1) is 12.6 Å². The lowest BCUT2D eigenvalue weighted by Gasteiger charge is -2.19. The number of rotatable bonds is 23. The number of aliphatic hydroxyl groups excluding tert-OH is 1.